The number of aliphatic hydroxyl groups is 1. The number of pyridine rings is 1. The summed E-state index contributed by atoms with van der Waals surface area (Å²) in [4.78, 5) is 6.51. The summed E-state index contributed by atoms with van der Waals surface area (Å²) < 4.78 is 0. The Morgan fingerprint density at radius 3 is 2.95 bits per heavy atom. The zero-order valence-electron chi connectivity index (χ0n) is 11.6. The van der Waals surface area contributed by atoms with E-state index in [0.29, 0.717) is 0 Å². The van der Waals surface area contributed by atoms with Crippen molar-refractivity contribution in [3.05, 3.63) is 30.6 Å². The van der Waals surface area contributed by atoms with Gasteiger partial charge in [-0.25, -0.2) is 0 Å². The van der Waals surface area contributed by atoms with Gasteiger partial charge in [-0.15, -0.1) is 0 Å². The van der Waals surface area contributed by atoms with Crippen molar-refractivity contribution >= 4 is 22.1 Å². The minimum absolute atomic E-state index is 0.205. The number of nitrogen functional groups attached to an aromatic ring is 1. The summed E-state index contributed by atoms with van der Waals surface area (Å²) in [5.74, 6) is 0. The number of rotatable bonds is 2. The molecule has 1 aliphatic rings. The molecule has 0 spiro atoms. The Kier molecular flexibility index (Phi) is 3.74. The quantitative estimate of drug-likeness (QED) is 0.824. The summed E-state index contributed by atoms with van der Waals surface area (Å²) in [7, 11) is 0. The molecule has 0 saturated carbocycles. The Morgan fingerprint density at radius 1 is 1.20 bits per heavy atom. The van der Waals surface area contributed by atoms with E-state index in [1.54, 1.807) is 6.20 Å². The van der Waals surface area contributed by atoms with Gasteiger partial charge in [-0.1, -0.05) is 12.8 Å². The van der Waals surface area contributed by atoms with Crippen LogP contribution in [0.2, 0.25) is 0 Å². The first-order chi connectivity index (χ1) is 9.81. The van der Waals surface area contributed by atoms with Crippen LogP contribution < -0.4 is 10.6 Å². The highest BCUT2D eigenvalue weighted by Crippen LogP contribution is 2.33. The first-order valence-electron chi connectivity index (χ1n) is 7.31. The molecular weight excluding hydrogens is 250 g/mol. The third-order valence-corrected chi connectivity index (χ3v) is 4.23. The number of nitrogens with zero attached hydrogens (tertiary/aromatic N) is 2. The number of fused-ring (bicyclic) bond motifs is 1. The van der Waals surface area contributed by atoms with Gasteiger partial charge in [0.25, 0.3) is 0 Å². The molecule has 1 aromatic heterocycles. The van der Waals surface area contributed by atoms with Gasteiger partial charge in [0.1, 0.15) is 0 Å². The molecule has 0 aliphatic carbocycles. The summed E-state index contributed by atoms with van der Waals surface area (Å²) in [6.45, 7) is 1.20. The topological polar surface area (TPSA) is 62.4 Å². The average molecular weight is 271 g/mol. The molecule has 1 atom stereocenters. The van der Waals surface area contributed by atoms with Gasteiger partial charge in [-0.05, 0) is 31.0 Å². The van der Waals surface area contributed by atoms with E-state index in [1.807, 2.05) is 18.3 Å². The summed E-state index contributed by atoms with van der Waals surface area (Å²) >= 11 is 0. The van der Waals surface area contributed by atoms with E-state index in [2.05, 4.69) is 16.0 Å². The van der Waals surface area contributed by atoms with Gasteiger partial charge in [-0.3, -0.25) is 4.98 Å². The molecule has 3 rings (SSSR count). The van der Waals surface area contributed by atoms with E-state index in [4.69, 9.17) is 5.73 Å². The largest absolute Gasteiger partial charge is 0.398 e. The Morgan fingerprint density at radius 2 is 2.10 bits per heavy atom. The van der Waals surface area contributed by atoms with Crippen molar-refractivity contribution in [2.75, 3.05) is 23.8 Å². The molecule has 2 aromatic rings. The van der Waals surface area contributed by atoms with Gasteiger partial charge >= 0.3 is 0 Å². The summed E-state index contributed by atoms with van der Waals surface area (Å²) in [6, 6.07) is 6.24. The Hall–Kier alpha value is -1.81. The number of hydrogen-bond acceptors (Lipinski definition) is 4. The minimum atomic E-state index is 0.205. The highest BCUT2D eigenvalue weighted by atomic mass is 16.3. The predicted octanol–water partition coefficient (Wildman–Crippen LogP) is 2.56. The fraction of sp³-hybridized carbons (Fsp3) is 0.438. The van der Waals surface area contributed by atoms with Crippen molar-refractivity contribution in [3.63, 3.8) is 0 Å². The van der Waals surface area contributed by atoms with Crippen LogP contribution >= 0.6 is 0 Å². The van der Waals surface area contributed by atoms with Crippen LogP contribution in [0.5, 0.6) is 0 Å². The van der Waals surface area contributed by atoms with E-state index in [9.17, 15) is 5.11 Å². The molecule has 0 amide bonds. The van der Waals surface area contributed by atoms with Gasteiger partial charge < -0.3 is 15.7 Å². The van der Waals surface area contributed by atoms with Crippen molar-refractivity contribution in [1.82, 2.24) is 4.98 Å². The molecule has 0 radical (unpaired) electrons. The molecule has 1 unspecified atom stereocenters. The van der Waals surface area contributed by atoms with Gasteiger partial charge in [0.05, 0.1) is 12.6 Å². The maximum absolute atomic E-state index is 9.70. The SMILES string of the molecule is Nc1ccc(N2CCCCCC2CO)c2ccncc12. The van der Waals surface area contributed by atoms with Gasteiger partial charge in [0.2, 0.25) is 0 Å². The molecule has 1 fully saturated rings. The number of nitrogens with two attached hydrogens (primary N) is 1. The maximum Gasteiger partial charge on any atom is 0.0635 e. The molecule has 1 saturated heterocycles. The molecule has 1 aromatic carbocycles. The van der Waals surface area contributed by atoms with Crippen molar-refractivity contribution in [3.8, 4) is 0 Å². The van der Waals surface area contributed by atoms with Crippen molar-refractivity contribution in [2.24, 2.45) is 0 Å². The monoisotopic (exact) mass is 271 g/mol. The average Bonchev–Trinajstić information content (AvgIpc) is 2.73. The van der Waals surface area contributed by atoms with E-state index < -0.39 is 0 Å². The fourth-order valence-corrected chi connectivity index (χ4v) is 3.13. The first kappa shape index (κ1) is 13.2. The lowest BCUT2D eigenvalue weighted by atomic mass is 10.1. The van der Waals surface area contributed by atoms with Crippen LogP contribution in [-0.2, 0) is 0 Å². The summed E-state index contributed by atoms with van der Waals surface area (Å²) in [5, 5.41) is 11.8. The second-order valence-corrected chi connectivity index (χ2v) is 5.47. The molecule has 106 valence electrons. The molecule has 4 heteroatoms. The molecular formula is C16H21N3O. The predicted molar refractivity (Wildman–Crippen MR) is 82.8 cm³/mol. The normalized spacial score (nSPS) is 20.1. The van der Waals surface area contributed by atoms with E-state index in [0.717, 1.165) is 35.1 Å². The molecule has 20 heavy (non-hydrogen) atoms. The van der Waals surface area contributed by atoms with Crippen LogP contribution in [-0.4, -0.2) is 29.3 Å². The van der Waals surface area contributed by atoms with Crippen LogP contribution in [0.1, 0.15) is 25.7 Å². The highest BCUT2D eigenvalue weighted by Gasteiger charge is 2.22. The van der Waals surface area contributed by atoms with Crippen molar-refractivity contribution in [1.29, 1.82) is 0 Å². The van der Waals surface area contributed by atoms with Gasteiger partial charge in [-0.2, -0.15) is 0 Å². The Balaban J connectivity index is 2.10. The summed E-state index contributed by atoms with van der Waals surface area (Å²) in [6.07, 6.45) is 8.27. The maximum atomic E-state index is 9.70. The Bertz CT molecular complexity index is 599. The van der Waals surface area contributed by atoms with Crippen molar-refractivity contribution in [2.45, 2.75) is 31.7 Å². The third kappa shape index (κ3) is 2.31. The first-order valence-corrected chi connectivity index (χ1v) is 7.31. The second kappa shape index (κ2) is 5.67. The number of benzene rings is 1. The lowest BCUT2D eigenvalue weighted by Crippen LogP contribution is -2.37. The van der Waals surface area contributed by atoms with Gasteiger partial charge in [0.15, 0.2) is 0 Å². The van der Waals surface area contributed by atoms with Crippen molar-refractivity contribution < 1.29 is 5.11 Å². The number of anilines is 2. The third-order valence-electron chi connectivity index (χ3n) is 4.23. The van der Waals surface area contributed by atoms with Crippen LogP contribution in [0.3, 0.4) is 0 Å². The van der Waals surface area contributed by atoms with E-state index in [1.165, 1.54) is 19.3 Å². The molecule has 3 N–H and O–H groups in total. The van der Waals surface area contributed by atoms with Crippen LogP contribution in [0, 0.1) is 0 Å². The highest BCUT2D eigenvalue weighted by molar-refractivity contribution is 6.00. The van der Waals surface area contributed by atoms with E-state index in [-0.39, 0.29) is 12.6 Å². The number of hydrogen-bond donors (Lipinski definition) is 2. The zero-order valence-corrected chi connectivity index (χ0v) is 11.6. The summed E-state index contributed by atoms with van der Waals surface area (Å²) in [5.41, 5.74) is 7.97. The second-order valence-electron chi connectivity index (χ2n) is 5.47. The lowest BCUT2D eigenvalue weighted by molar-refractivity contribution is 0.255. The van der Waals surface area contributed by atoms with Gasteiger partial charge in [0, 0.05) is 41.1 Å². The standard InChI is InChI=1S/C16H21N3O/c17-15-5-6-16(13-7-8-18-10-14(13)15)19-9-3-1-2-4-12(19)11-20/h5-8,10,12,20H,1-4,9,11,17H2. The lowest BCUT2D eigenvalue weighted by Gasteiger charge is -2.32. The number of aromatic nitrogens is 1. The van der Waals surface area contributed by atoms with Crippen LogP contribution in [0.25, 0.3) is 10.8 Å². The zero-order chi connectivity index (χ0) is 13.9. The smallest absolute Gasteiger partial charge is 0.0635 e. The fourth-order valence-electron chi connectivity index (χ4n) is 3.13. The molecule has 4 nitrogen and oxygen atoms in total. The van der Waals surface area contributed by atoms with Crippen LogP contribution in [0.15, 0.2) is 30.6 Å². The van der Waals surface area contributed by atoms with E-state index >= 15 is 0 Å². The Labute approximate surface area is 119 Å². The molecule has 0 bridgehead atoms. The minimum Gasteiger partial charge on any atom is -0.398 e. The number of aliphatic hydroxyl groups excluding tert-OH is 1. The van der Waals surface area contributed by atoms with Crippen LogP contribution in [0.4, 0.5) is 11.4 Å². The molecule has 2 heterocycles. The molecule has 1 aliphatic heterocycles.